The first kappa shape index (κ1) is 11.6. The summed E-state index contributed by atoms with van der Waals surface area (Å²) >= 11 is 0. The predicted octanol–water partition coefficient (Wildman–Crippen LogP) is 4.53. The summed E-state index contributed by atoms with van der Waals surface area (Å²) in [5.41, 5.74) is 2.22. The molecule has 0 radical (unpaired) electrons. The molecule has 0 saturated heterocycles. The van der Waals surface area contributed by atoms with E-state index < -0.39 is 0 Å². The molecule has 0 fully saturated rings. The highest BCUT2D eigenvalue weighted by Gasteiger charge is 2.01. The van der Waals surface area contributed by atoms with E-state index in [9.17, 15) is 0 Å². The molecule has 2 heteroatoms. The Labute approximate surface area is 112 Å². The van der Waals surface area contributed by atoms with Crippen LogP contribution >= 0.6 is 0 Å². The van der Waals surface area contributed by atoms with Crippen molar-refractivity contribution < 1.29 is 9.15 Å². The van der Waals surface area contributed by atoms with Crippen molar-refractivity contribution in [2.24, 2.45) is 0 Å². The van der Waals surface area contributed by atoms with Crippen molar-refractivity contribution in [3.8, 4) is 17.1 Å². The molecule has 3 aromatic rings. The Morgan fingerprint density at radius 2 is 1.58 bits per heavy atom. The Hall–Kier alpha value is -2.48. The smallest absolute Gasteiger partial charge is 0.133 e. The number of benzene rings is 2. The summed E-state index contributed by atoms with van der Waals surface area (Å²) in [6.07, 6.45) is 1.68. The Morgan fingerprint density at radius 3 is 2.26 bits per heavy atom. The molecule has 2 nitrogen and oxygen atoms in total. The molecule has 0 N–H and O–H groups in total. The van der Waals surface area contributed by atoms with Crippen LogP contribution in [0.4, 0.5) is 0 Å². The van der Waals surface area contributed by atoms with Gasteiger partial charge in [0.15, 0.2) is 0 Å². The van der Waals surface area contributed by atoms with Gasteiger partial charge < -0.3 is 9.15 Å². The van der Waals surface area contributed by atoms with Crippen LogP contribution in [-0.4, -0.2) is 0 Å². The van der Waals surface area contributed by atoms with E-state index in [4.69, 9.17) is 9.15 Å². The number of ether oxygens (including phenoxy) is 1. The van der Waals surface area contributed by atoms with Crippen LogP contribution in [0, 0.1) is 0 Å². The lowest BCUT2D eigenvalue weighted by Gasteiger charge is -2.06. The minimum Gasteiger partial charge on any atom is -0.489 e. The molecule has 3 rings (SSSR count). The van der Waals surface area contributed by atoms with E-state index in [1.165, 1.54) is 0 Å². The quantitative estimate of drug-likeness (QED) is 0.679. The first-order valence-electron chi connectivity index (χ1n) is 6.22. The van der Waals surface area contributed by atoms with E-state index in [1.54, 1.807) is 6.26 Å². The number of hydrogen-bond acceptors (Lipinski definition) is 2. The first-order chi connectivity index (χ1) is 9.42. The van der Waals surface area contributed by atoms with Gasteiger partial charge in [0.05, 0.1) is 6.26 Å². The standard InChI is InChI=1S/C17H14O2/c1-2-5-14(6-3-1)13-19-16-10-8-15(9-11-16)17-7-4-12-18-17/h1-12H,13H2. The summed E-state index contributed by atoms with van der Waals surface area (Å²) in [7, 11) is 0. The molecule has 0 saturated carbocycles. The fraction of sp³-hybridized carbons (Fsp3) is 0.0588. The lowest BCUT2D eigenvalue weighted by atomic mass is 10.2. The van der Waals surface area contributed by atoms with Crippen molar-refractivity contribution >= 4 is 0 Å². The summed E-state index contributed by atoms with van der Waals surface area (Å²) in [6.45, 7) is 0.584. The van der Waals surface area contributed by atoms with Crippen LogP contribution in [0.25, 0.3) is 11.3 Å². The molecule has 1 aromatic heterocycles. The zero-order valence-corrected chi connectivity index (χ0v) is 10.5. The normalized spacial score (nSPS) is 10.3. The van der Waals surface area contributed by atoms with Gasteiger partial charge in [0, 0.05) is 5.56 Å². The molecule has 0 aliphatic heterocycles. The number of furan rings is 1. The highest BCUT2D eigenvalue weighted by molar-refractivity contribution is 5.58. The summed E-state index contributed by atoms with van der Waals surface area (Å²) in [5, 5.41) is 0. The van der Waals surface area contributed by atoms with Crippen LogP contribution in [-0.2, 0) is 6.61 Å². The lowest BCUT2D eigenvalue weighted by molar-refractivity contribution is 0.306. The SMILES string of the molecule is c1ccc(COc2ccc(-c3ccco3)cc2)cc1. The fourth-order valence-electron chi connectivity index (χ4n) is 1.90. The first-order valence-corrected chi connectivity index (χ1v) is 6.22. The van der Waals surface area contributed by atoms with Gasteiger partial charge in [0.1, 0.15) is 18.1 Å². The molecule has 0 amide bonds. The number of hydrogen-bond donors (Lipinski definition) is 0. The maximum absolute atomic E-state index is 5.73. The summed E-state index contributed by atoms with van der Waals surface area (Å²) in [5.74, 6) is 1.73. The molecule has 0 aliphatic carbocycles. The van der Waals surface area contributed by atoms with Gasteiger partial charge in [-0.3, -0.25) is 0 Å². The van der Waals surface area contributed by atoms with Gasteiger partial charge >= 0.3 is 0 Å². The summed E-state index contributed by atoms with van der Waals surface area (Å²) in [6, 6.07) is 21.9. The van der Waals surface area contributed by atoms with Crippen LogP contribution in [0.5, 0.6) is 5.75 Å². The van der Waals surface area contributed by atoms with Crippen LogP contribution in [0.2, 0.25) is 0 Å². The van der Waals surface area contributed by atoms with Gasteiger partial charge in [-0.1, -0.05) is 30.3 Å². The molecule has 0 spiro atoms. The van der Waals surface area contributed by atoms with Crippen LogP contribution in [0.1, 0.15) is 5.56 Å². The molecular weight excluding hydrogens is 236 g/mol. The van der Waals surface area contributed by atoms with Crippen molar-refractivity contribution in [3.05, 3.63) is 78.6 Å². The van der Waals surface area contributed by atoms with Crippen molar-refractivity contribution in [3.63, 3.8) is 0 Å². The zero-order chi connectivity index (χ0) is 12.9. The third-order valence-electron chi connectivity index (χ3n) is 2.91. The average Bonchev–Trinajstić information content (AvgIpc) is 3.01. The molecule has 1 heterocycles. The van der Waals surface area contributed by atoms with E-state index in [-0.39, 0.29) is 0 Å². The molecule has 0 bridgehead atoms. The molecule has 0 aliphatic rings. The second-order valence-corrected chi connectivity index (χ2v) is 4.28. The molecular formula is C17H14O2. The molecule has 2 aromatic carbocycles. The average molecular weight is 250 g/mol. The highest BCUT2D eigenvalue weighted by atomic mass is 16.5. The van der Waals surface area contributed by atoms with E-state index in [2.05, 4.69) is 12.1 Å². The predicted molar refractivity (Wildman–Crippen MR) is 74.9 cm³/mol. The molecule has 19 heavy (non-hydrogen) atoms. The molecule has 94 valence electrons. The van der Waals surface area contributed by atoms with Crippen molar-refractivity contribution in [2.45, 2.75) is 6.61 Å². The third kappa shape index (κ3) is 2.86. The van der Waals surface area contributed by atoms with Crippen LogP contribution in [0.3, 0.4) is 0 Å². The van der Waals surface area contributed by atoms with Gasteiger partial charge in [-0.05, 0) is 42.0 Å². The van der Waals surface area contributed by atoms with Gasteiger partial charge in [0.25, 0.3) is 0 Å². The fourth-order valence-corrected chi connectivity index (χ4v) is 1.90. The monoisotopic (exact) mass is 250 g/mol. The van der Waals surface area contributed by atoms with Crippen molar-refractivity contribution in [1.82, 2.24) is 0 Å². The minimum absolute atomic E-state index is 0.584. The van der Waals surface area contributed by atoms with Gasteiger partial charge in [-0.15, -0.1) is 0 Å². The number of rotatable bonds is 4. The minimum atomic E-state index is 0.584. The maximum atomic E-state index is 5.73. The zero-order valence-electron chi connectivity index (χ0n) is 10.5. The summed E-state index contributed by atoms with van der Waals surface area (Å²) in [4.78, 5) is 0. The second-order valence-electron chi connectivity index (χ2n) is 4.28. The lowest BCUT2D eigenvalue weighted by Crippen LogP contribution is -1.94. The van der Waals surface area contributed by atoms with Gasteiger partial charge in [-0.2, -0.15) is 0 Å². The van der Waals surface area contributed by atoms with Crippen LogP contribution in [0.15, 0.2) is 77.4 Å². The van der Waals surface area contributed by atoms with E-state index in [1.807, 2.05) is 54.6 Å². The highest BCUT2D eigenvalue weighted by Crippen LogP contribution is 2.23. The second kappa shape index (κ2) is 5.44. The van der Waals surface area contributed by atoms with Crippen LogP contribution < -0.4 is 4.74 Å². The van der Waals surface area contributed by atoms with E-state index in [0.717, 1.165) is 22.6 Å². The Bertz CT molecular complexity index is 610. The van der Waals surface area contributed by atoms with Gasteiger partial charge in [0.2, 0.25) is 0 Å². The Morgan fingerprint density at radius 1 is 0.789 bits per heavy atom. The maximum Gasteiger partial charge on any atom is 0.133 e. The third-order valence-corrected chi connectivity index (χ3v) is 2.91. The van der Waals surface area contributed by atoms with Crippen molar-refractivity contribution in [2.75, 3.05) is 0 Å². The van der Waals surface area contributed by atoms with E-state index >= 15 is 0 Å². The van der Waals surface area contributed by atoms with Gasteiger partial charge in [-0.25, -0.2) is 0 Å². The topological polar surface area (TPSA) is 22.4 Å². The van der Waals surface area contributed by atoms with Crippen molar-refractivity contribution in [1.29, 1.82) is 0 Å². The Kier molecular flexibility index (Phi) is 3.32. The molecule has 0 unspecified atom stereocenters. The summed E-state index contributed by atoms with van der Waals surface area (Å²) < 4.78 is 11.1. The Balaban J connectivity index is 1.67. The largest absolute Gasteiger partial charge is 0.489 e. The van der Waals surface area contributed by atoms with E-state index in [0.29, 0.717) is 6.61 Å². The molecule has 0 atom stereocenters.